The topological polar surface area (TPSA) is 89.3 Å². The number of hydrogen-bond donors (Lipinski definition) is 1. The Morgan fingerprint density at radius 3 is 2.30 bits per heavy atom. The van der Waals surface area contributed by atoms with Gasteiger partial charge in [-0.3, -0.25) is 19.7 Å². The fourth-order valence-electron chi connectivity index (χ4n) is 1.83. The molecule has 2 aromatic carbocycles. The van der Waals surface area contributed by atoms with Crippen molar-refractivity contribution in [1.82, 2.24) is 5.32 Å². The molecule has 0 radical (unpaired) electrons. The van der Waals surface area contributed by atoms with Gasteiger partial charge in [0.05, 0.1) is 11.5 Å². The van der Waals surface area contributed by atoms with Crippen LogP contribution in [0.15, 0.2) is 60.7 Å². The second-order valence-corrected chi connectivity index (χ2v) is 4.69. The molecule has 0 aliphatic heterocycles. The van der Waals surface area contributed by atoms with Crippen molar-refractivity contribution in [2.24, 2.45) is 0 Å². The molecule has 0 bridgehead atoms. The zero-order chi connectivity index (χ0) is 16.7. The van der Waals surface area contributed by atoms with Crippen LogP contribution in [0.3, 0.4) is 0 Å². The molecule has 0 aromatic heterocycles. The Morgan fingerprint density at radius 1 is 1.04 bits per heavy atom. The van der Waals surface area contributed by atoms with Crippen LogP contribution in [0.2, 0.25) is 0 Å². The van der Waals surface area contributed by atoms with Crippen LogP contribution in [0.25, 0.3) is 6.08 Å². The summed E-state index contributed by atoms with van der Waals surface area (Å²) in [6.07, 6.45) is 2.80. The van der Waals surface area contributed by atoms with E-state index < -0.39 is 10.8 Å². The average Bonchev–Trinajstić information content (AvgIpc) is 2.59. The molecule has 23 heavy (non-hydrogen) atoms. The molecule has 2 aromatic rings. The Kier molecular flexibility index (Phi) is 5.35. The zero-order valence-corrected chi connectivity index (χ0v) is 12.1. The molecule has 0 saturated heterocycles. The summed E-state index contributed by atoms with van der Waals surface area (Å²) in [7, 11) is 0. The lowest BCUT2D eigenvalue weighted by Crippen LogP contribution is -2.27. The monoisotopic (exact) mass is 310 g/mol. The molecule has 116 valence electrons. The third-order valence-electron chi connectivity index (χ3n) is 3.05. The smallest absolute Gasteiger partial charge is 0.269 e. The highest BCUT2D eigenvalue weighted by atomic mass is 16.6. The fraction of sp³-hybridized carbons (Fsp3) is 0.0588. The van der Waals surface area contributed by atoms with E-state index in [9.17, 15) is 19.7 Å². The average molecular weight is 310 g/mol. The third kappa shape index (κ3) is 4.89. The van der Waals surface area contributed by atoms with Gasteiger partial charge in [-0.2, -0.15) is 0 Å². The van der Waals surface area contributed by atoms with Crippen molar-refractivity contribution in [2.45, 2.75) is 0 Å². The second kappa shape index (κ2) is 7.65. The Morgan fingerprint density at radius 2 is 1.70 bits per heavy atom. The van der Waals surface area contributed by atoms with Crippen LogP contribution < -0.4 is 5.32 Å². The van der Waals surface area contributed by atoms with Gasteiger partial charge in [0, 0.05) is 23.8 Å². The molecule has 0 aliphatic carbocycles. The van der Waals surface area contributed by atoms with Crippen molar-refractivity contribution in [3.8, 4) is 0 Å². The van der Waals surface area contributed by atoms with Crippen LogP contribution in [0.5, 0.6) is 0 Å². The first-order chi connectivity index (χ1) is 11.1. The van der Waals surface area contributed by atoms with Crippen molar-refractivity contribution in [1.29, 1.82) is 0 Å². The number of Topliss-reactive ketones (excluding diaryl/α,β-unsaturated/α-hetero) is 1. The molecule has 1 amide bonds. The summed E-state index contributed by atoms with van der Waals surface area (Å²) in [5.41, 5.74) is 1.17. The number of nitro benzene ring substituents is 1. The molecule has 0 atom stereocenters. The largest absolute Gasteiger partial charge is 0.345 e. The Bertz CT molecular complexity index is 737. The molecule has 6 heteroatoms. The summed E-state index contributed by atoms with van der Waals surface area (Å²) in [6.45, 7) is -0.0898. The first-order valence-corrected chi connectivity index (χ1v) is 6.85. The number of non-ortho nitro benzene ring substituents is 1. The van der Waals surface area contributed by atoms with E-state index >= 15 is 0 Å². The van der Waals surface area contributed by atoms with E-state index in [1.165, 1.54) is 36.4 Å². The van der Waals surface area contributed by atoms with Gasteiger partial charge in [-0.15, -0.1) is 0 Å². The van der Waals surface area contributed by atoms with Crippen LogP contribution >= 0.6 is 0 Å². The maximum absolute atomic E-state index is 11.8. The van der Waals surface area contributed by atoms with Gasteiger partial charge in [0.2, 0.25) is 5.91 Å². The van der Waals surface area contributed by atoms with Gasteiger partial charge in [-0.25, -0.2) is 0 Å². The quantitative estimate of drug-likeness (QED) is 0.384. The minimum atomic E-state index is -0.491. The molecule has 0 spiro atoms. The van der Waals surface area contributed by atoms with Gasteiger partial charge in [-0.1, -0.05) is 30.3 Å². The number of carbonyl (C=O) groups excluding carboxylic acids is 2. The predicted octanol–water partition coefficient (Wildman–Crippen LogP) is 2.61. The zero-order valence-electron chi connectivity index (χ0n) is 12.1. The number of rotatable bonds is 6. The van der Waals surface area contributed by atoms with Gasteiger partial charge in [0.1, 0.15) is 0 Å². The number of benzene rings is 2. The van der Waals surface area contributed by atoms with Gasteiger partial charge < -0.3 is 5.32 Å². The molecule has 0 heterocycles. The van der Waals surface area contributed by atoms with Crippen LogP contribution in [-0.2, 0) is 4.79 Å². The molecular weight excluding hydrogens is 296 g/mol. The molecular formula is C17H14N2O4. The lowest BCUT2D eigenvalue weighted by molar-refractivity contribution is -0.384. The van der Waals surface area contributed by atoms with Crippen LogP contribution in [-0.4, -0.2) is 23.2 Å². The summed E-state index contributed by atoms with van der Waals surface area (Å²) in [5.74, 6) is -0.588. The molecule has 0 saturated carbocycles. The molecule has 2 rings (SSSR count). The summed E-state index contributed by atoms with van der Waals surface area (Å²) >= 11 is 0. The molecule has 1 N–H and O–H groups in total. The SMILES string of the molecule is O=C(/C=C\c1ccc([N+](=O)[O-])cc1)NCC(=O)c1ccccc1. The van der Waals surface area contributed by atoms with Gasteiger partial charge in [0.25, 0.3) is 5.69 Å². The van der Waals surface area contributed by atoms with Gasteiger partial charge >= 0.3 is 0 Å². The van der Waals surface area contributed by atoms with E-state index in [0.29, 0.717) is 11.1 Å². The fourth-order valence-corrected chi connectivity index (χ4v) is 1.83. The number of ketones is 1. The van der Waals surface area contributed by atoms with E-state index in [1.807, 2.05) is 6.07 Å². The highest BCUT2D eigenvalue weighted by molar-refractivity contribution is 6.01. The van der Waals surface area contributed by atoms with Gasteiger partial charge in [-0.05, 0) is 23.8 Å². The van der Waals surface area contributed by atoms with Crippen molar-refractivity contribution in [2.75, 3.05) is 6.54 Å². The van der Waals surface area contributed by atoms with Crippen LogP contribution in [0, 0.1) is 10.1 Å². The third-order valence-corrected chi connectivity index (χ3v) is 3.05. The lowest BCUT2D eigenvalue weighted by Gasteiger charge is -2.01. The number of nitrogens with zero attached hydrogens (tertiary/aromatic N) is 1. The minimum absolute atomic E-state index is 0.0138. The standard InChI is InChI=1S/C17H14N2O4/c20-16(14-4-2-1-3-5-14)12-18-17(21)11-8-13-6-9-15(10-7-13)19(22)23/h1-11H,12H2,(H,18,21)/b11-8-. The van der Waals surface area contributed by atoms with Crippen molar-refractivity contribution in [3.63, 3.8) is 0 Å². The number of amides is 1. The Hall–Kier alpha value is -3.28. The van der Waals surface area contributed by atoms with Crippen molar-refractivity contribution >= 4 is 23.5 Å². The second-order valence-electron chi connectivity index (χ2n) is 4.69. The number of carbonyl (C=O) groups is 2. The van der Waals surface area contributed by atoms with Crippen molar-refractivity contribution < 1.29 is 14.5 Å². The lowest BCUT2D eigenvalue weighted by atomic mass is 10.1. The first-order valence-electron chi connectivity index (χ1n) is 6.85. The molecule has 0 aliphatic rings. The number of nitro groups is 1. The van der Waals surface area contributed by atoms with Crippen LogP contribution in [0.4, 0.5) is 5.69 Å². The van der Waals surface area contributed by atoms with E-state index in [4.69, 9.17) is 0 Å². The Labute approximate surface area is 132 Å². The van der Waals surface area contributed by atoms with E-state index in [-0.39, 0.29) is 18.0 Å². The summed E-state index contributed by atoms with van der Waals surface area (Å²) < 4.78 is 0. The molecule has 6 nitrogen and oxygen atoms in total. The van der Waals surface area contributed by atoms with E-state index in [1.54, 1.807) is 24.3 Å². The summed E-state index contributed by atoms with van der Waals surface area (Å²) in [4.78, 5) is 33.5. The normalized spacial score (nSPS) is 10.4. The number of hydrogen-bond acceptors (Lipinski definition) is 4. The van der Waals surface area contributed by atoms with Crippen LogP contribution in [0.1, 0.15) is 15.9 Å². The molecule has 0 fully saturated rings. The molecule has 0 unspecified atom stereocenters. The number of nitrogens with one attached hydrogen (secondary N) is 1. The van der Waals surface area contributed by atoms with Gasteiger partial charge in [0.15, 0.2) is 5.78 Å². The first kappa shape index (κ1) is 16.1. The van der Waals surface area contributed by atoms with E-state index in [2.05, 4.69) is 5.32 Å². The maximum Gasteiger partial charge on any atom is 0.269 e. The Balaban J connectivity index is 1.87. The van der Waals surface area contributed by atoms with Crippen molar-refractivity contribution in [3.05, 3.63) is 81.9 Å². The highest BCUT2D eigenvalue weighted by Gasteiger charge is 2.06. The summed E-state index contributed by atoms with van der Waals surface area (Å²) in [6, 6.07) is 14.5. The summed E-state index contributed by atoms with van der Waals surface area (Å²) in [5, 5.41) is 13.0. The van der Waals surface area contributed by atoms with E-state index in [0.717, 1.165) is 0 Å². The maximum atomic E-state index is 11.8. The predicted molar refractivity (Wildman–Crippen MR) is 85.9 cm³/mol. The highest BCUT2D eigenvalue weighted by Crippen LogP contribution is 2.12. The minimum Gasteiger partial charge on any atom is -0.345 e.